The summed E-state index contributed by atoms with van der Waals surface area (Å²) in [5.41, 5.74) is 3.37. The second-order valence-corrected chi connectivity index (χ2v) is 6.84. The van der Waals surface area contributed by atoms with Crippen LogP contribution >= 0.6 is 11.6 Å². The first-order chi connectivity index (χ1) is 13.9. The minimum absolute atomic E-state index is 0.0179. The summed E-state index contributed by atoms with van der Waals surface area (Å²) in [6.07, 6.45) is 0. The average molecular weight is 412 g/mol. The molecular weight excluding hydrogens is 393 g/mol. The number of carbonyl (C=O) groups excluding carboxylic acids is 2. The van der Waals surface area contributed by atoms with Crippen LogP contribution in [0.5, 0.6) is 0 Å². The van der Waals surface area contributed by atoms with Gasteiger partial charge < -0.3 is 16.0 Å². The predicted octanol–water partition coefficient (Wildman–Crippen LogP) is 5.09. The van der Waals surface area contributed by atoms with Gasteiger partial charge in [-0.2, -0.15) is 0 Å². The summed E-state index contributed by atoms with van der Waals surface area (Å²) in [6.45, 7) is 1.95. The summed E-state index contributed by atoms with van der Waals surface area (Å²) in [7, 11) is 0. The molecule has 3 aromatic rings. The Kier molecular flexibility index (Phi) is 6.46. The van der Waals surface area contributed by atoms with Crippen LogP contribution in [-0.2, 0) is 4.79 Å². The Bertz CT molecular complexity index is 1040. The van der Waals surface area contributed by atoms with E-state index in [2.05, 4.69) is 16.0 Å². The lowest BCUT2D eigenvalue weighted by atomic mass is 10.1. The second-order valence-electron chi connectivity index (χ2n) is 6.43. The molecule has 3 rings (SSSR count). The first-order valence-electron chi connectivity index (χ1n) is 8.87. The van der Waals surface area contributed by atoms with Crippen LogP contribution < -0.4 is 16.0 Å². The summed E-state index contributed by atoms with van der Waals surface area (Å²) >= 11 is 5.70. The molecule has 3 N–H and O–H groups in total. The lowest BCUT2D eigenvalue weighted by molar-refractivity contribution is -0.114. The van der Waals surface area contributed by atoms with E-state index < -0.39 is 5.82 Å². The van der Waals surface area contributed by atoms with Gasteiger partial charge in [0.25, 0.3) is 5.91 Å². The van der Waals surface area contributed by atoms with E-state index in [0.717, 1.165) is 5.56 Å². The fourth-order valence-electron chi connectivity index (χ4n) is 2.62. The molecule has 0 saturated carbocycles. The standard InChI is InChI=1S/C22H19ClFN3O2/c1-14-3-2-4-15(11-14)22(29)27-17-7-5-16(6-8-17)25-13-21(28)26-18-9-10-20(24)19(23)12-18/h2-12,25H,13H2,1H3,(H,26,28)(H,27,29). The molecule has 0 saturated heterocycles. The van der Waals surface area contributed by atoms with Gasteiger partial charge in [-0.05, 0) is 61.5 Å². The second kappa shape index (κ2) is 9.21. The summed E-state index contributed by atoms with van der Waals surface area (Å²) in [5, 5.41) is 8.38. The van der Waals surface area contributed by atoms with Crippen LogP contribution in [0, 0.1) is 12.7 Å². The highest BCUT2D eigenvalue weighted by atomic mass is 35.5. The molecule has 0 aliphatic heterocycles. The summed E-state index contributed by atoms with van der Waals surface area (Å²) < 4.78 is 13.1. The highest BCUT2D eigenvalue weighted by molar-refractivity contribution is 6.31. The van der Waals surface area contributed by atoms with E-state index in [9.17, 15) is 14.0 Å². The number of anilines is 3. The third-order valence-electron chi connectivity index (χ3n) is 4.08. The van der Waals surface area contributed by atoms with Gasteiger partial charge in [-0.15, -0.1) is 0 Å². The Balaban J connectivity index is 1.51. The smallest absolute Gasteiger partial charge is 0.255 e. The molecule has 0 unspecified atom stereocenters. The van der Waals surface area contributed by atoms with Gasteiger partial charge in [0.1, 0.15) is 5.82 Å². The molecule has 0 spiro atoms. The summed E-state index contributed by atoms with van der Waals surface area (Å²) in [4.78, 5) is 24.3. The van der Waals surface area contributed by atoms with Crippen LogP contribution in [0.25, 0.3) is 0 Å². The van der Waals surface area contributed by atoms with Crippen molar-refractivity contribution in [1.82, 2.24) is 0 Å². The molecule has 2 amide bonds. The topological polar surface area (TPSA) is 70.2 Å². The Morgan fingerprint density at radius 2 is 1.59 bits per heavy atom. The van der Waals surface area contributed by atoms with Crippen LogP contribution in [0.2, 0.25) is 5.02 Å². The maximum Gasteiger partial charge on any atom is 0.255 e. The first kappa shape index (κ1) is 20.4. The zero-order valence-electron chi connectivity index (χ0n) is 15.6. The number of hydrogen-bond donors (Lipinski definition) is 3. The van der Waals surface area contributed by atoms with Gasteiger partial charge in [-0.1, -0.05) is 29.3 Å². The molecule has 5 nitrogen and oxygen atoms in total. The SMILES string of the molecule is Cc1cccc(C(=O)Nc2ccc(NCC(=O)Nc3ccc(F)c(Cl)c3)cc2)c1. The minimum Gasteiger partial charge on any atom is -0.376 e. The van der Waals surface area contributed by atoms with Gasteiger partial charge in [0.15, 0.2) is 0 Å². The third-order valence-corrected chi connectivity index (χ3v) is 4.37. The predicted molar refractivity (Wildman–Crippen MR) is 114 cm³/mol. The summed E-state index contributed by atoms with van der Waals surface area (Å²) in [5.74, 6) is -1.03. The van der Waals surface area contributed by atoms with E-state index in [0.29, 0.717) is 22.6 Å². The van der Waals surface area contributed by atoms with Crippen molar-refractivity contribution in [2.45, 2.75) is 6.92 Å². The van der Waals surface area contributed by atoms with Crippen LogP contribution in [0.1, 0.15) is 15.9 Å². The maximum absolute atomic E-state index is 13.1. The Hall–Kier alpha value is -3.38. The van der Waals surface area contributed by atoms with Gasteiger partial charge in [0.2, 0.25) is 5.91 Å². The summed E-state index contributed by atoms with van der Waals surface area (Å²) in [6, 6.07) is 18.3. The molecule has 0 aliphatic carbocycles. The molecular formula is C22H19ClFN3O2. The van der Waals surface area contributed by atoms with E-state index in [-0.39, 0.29) is 23.4 Å². The van der Waals surface area contributed by atoms with Gasteiger partial charge in [-0.25, -0.2) is 4.39 Å². The van der Waals surface area contributed by atoms with Gasteiger partial charge >= 0.3 is 0 Å². The Morgan fingerprint density at radius 3 is 2.28 bits per heavy atom. The van der Waals surface area contributed by atoms with Crippen molar-refractivity contribution in [3.05, 3.63) is 88.7 Å². The number of benzene rings is 3. The number of hydrogen-bond acceptors (Lipinski definition) is 3. The molecule has 3 aromatic carbocycles. The molecule has 0 bridgehead atoms. The lowest BCUT2D eigenvalue weighted by Crippen LogP contribution is -2.21. The minimum atomic E-state index is -0.544. The molecule has 148 valence electrons. The van der Waals surface area contributed by atoms with Gasteiger partial charge in [-0.3, -0.25) is 9.59 Å². The number of halogens is 2. The van der Waals surface area contributed by atoms with Crippen molar-refractivity contribution in [3.63, 3.8) is 0 Å². The van der Waals surface area contributed by atoms with Crippen LogP contribution in [0.3, 0.4) is 0 Å². The van der Waals surface area contributed by atoms with Crippen LogP contribution in [0.4, 0.5) is 21.5 Å². The monoisotopic (exact) mass is 411 g/mol. The zero-order valence-corrected chi connectivity index (χ0v) is 16.4. The molecule has 0 fully saturated rings. The van der Waals surface area contributed by atoms with Crippen molar-refractivity contribution in [3.8, 4) is 0 Å². The van der Waals surface area contributed by atoms with Crippen LogP contribution in [-0.4, -0.2) is 18.4 Å². The Labute approximate surface area is 172 Å². The van der Waals surface area contributed by atoms with Crippen molar-refractivity contribution in [2.24, 2.45) is 0 Å². The number of nitrogens with one attached hydrogen (secondary N) is 3. The normalized spacial score (nSPS) is 10.3. The largest absolute Gasteiger partial charge is 0.376 e. The molecule has 0 aliphatic rings. The molecule has 29 heavy (non-hydrogen) atoms. The van der Waals surface area contributed by atoms with E-state index in [4.69, 9.17) is 11.6 Å². The van der Waals surface area contributed by atoms with E-state index in [1.807, 2.05) is 25.1 Å². The van der Waals surface area contributed by atoms with Gasteiger partial charge in [0, 0.05) is 22.6 Å². The fraction of sp³-hybridized carbons (Fsp3) is 0.0909. The molecule has 0 atom stereocenters. The first-order valence-corrected chi connectivity index (χ1v) is 9.25. The van der Waals surface area contributed by atoms with Crippen molar-refractivity contribution >= 4 is 40.5 Å². The highest BCUT2D eigenvalue weighted by Gasteiger charge is 2.07. The van der Waals surface area contributed by atoms with E-state index >= 15 is 0 Å². The molecule has 7 heteroatoms. The van der Waals surface area contributed by atoms with Crippen LogP contribution in [0.15, 0.2) is 66.7 Å². The zero-order chi connectivity index (χ0) is 20.8. The van der Waals surface area contributed by atoms with Crippen molar-refractivity contribution in [2.75, 3.05) is 22.5 Å². The number of carbonyl (C=O) groups is 2. The Morgan fingerprint density at radius 1 is 0.897 bits per heavy atom. The molecule has 0 heterocycles. The van der Waals surface area contributed by atoms with Gasteiger partial charge in [0.05, 0.1) is 11.6 Å². The molecule has 0 aromatic heterocycles. The van der Waals surface area contributed by atoms with Crippen molar-refractivity contribution in [1.29, 1.82) is 0 Å². The number of amides is 2. The number of aryl methyl sites for hydroxylation is 1. The quantitative estimate of drug-likeness (QED) is 0.529. The highest BCUT2D eigenvalue weighted by Crippen LogP contribution is 2.19. The lowest BCUT2D eigenvalue weighted by Gasteiger charge is -2.10. The third kappa shape index (κ3) is 5.80. The van der Waals surface area contributed by atoms with E-state index in [1.54, 1.807) is 30.3 Å². The van der Waals surface area contributed by atoms with E-state index in [1.165, 1.54) is 18.2 Å². The van der Waals surface area contributed by atoms with Crippen molar-refractivity contribution < 1.29 is 14.0 Å². The number of rotatable bonds is 6. The molecule has 0 radical (unpaired) electrons. The average Bonchev–Trinajstić information content (AvgIpc) is 2.70. The fourth-order valence-corrected chi connectivity index (χ4v) is 2.80. The maximum atomic E-state index is 13.1.